The summed E-state index contributed by atoms with van der Waals surface area (Å²) in [4.78, 5) is 0. The maximum atomic E-state index is 3.14. The van der Waals surface area contributed by atoms with Crippen LogP contribution in [0.3, 0.4) is 0 Å². The van der Waals surface area contributed by atoms with Crippen LogP contribution in [0.2, 0.25) is 13.1 Å². The van der Waals surface area contributed by atoms with E-state index in [-0.39, 0.29) is 51.0 Å². The van der Waals surface area contributed by atoms with Crippen LogP contribution in [0.1, 0.15) is 52.4 Å². The number of allylic oxidation sites excluding steroid dienone is 8. The molecule has 2 aliphatic rings. The van der Waals surface area contributed by atoms with E-state index in [1.165, 1.54) is 36.8 Å². The smallest absolute Gasteiger partial charge is 1.00 e. The van der Waals surface area contributed by atoms with Crippen LogP contribution < -0.4 is 24.8 Å². The van der Waals surface area contributed by atoms with Gasteiger partial charge in [-0.1, -0.05) is 52.6 Å². The summed E-state index contributed by atoms with van der Waals surface area (Å²) in [5.41, 5.74) is 2.93. The van der Waals surface area contributed by atoms with Crippen LogP contribution in [0, 0.1) is 12.2 Å². The van der Waals surface area contributed by atoms with E-state index in [1.54, 1.807) is 0 Å². The quantitative estimate of drug-likeness (QED) is 0.412. The van der Waals surface area contributed by atoms with Gasteiger partial charge in [0.2, 0.25) is 0 Å². The van der Waals surface area contributed by atoms with Gasteiger partial charge in [-0.05, 0) is 0 Å². The van der Waals surface area contributed by atoms with E-state index in [9.17, 15) is 0 Å². The molecule has 2 rings (SSSR count). The fraction of sp³-hybridized carbons (Fsp3) is 0.556. The molecule has 0 bridgehead atoms. The molecule has 123 valence electrons. The Bertz CT molecular complexity index is 302. The third kappa shape index (κ3) is 18.7. The van der Waals surface area contributed by atoms with E-state index in [1.807, 2.05) is 0 Å². The van der Waals surface area contributed by atoms with Crippen LogP contribution >= 0.6 is 0 Å². The summed E-state index contributed by atoms with van der Waals surface area (Å²) in [5.74, 6) is 0. The molecule has 0 saturated carbocycles. The first-order valence-electron chi connectivity index (χ1n) is 7.53. The van der Waals surface area contributed by atoms with Crippen molar-refractivity contribution in [3.8, 4) is 0 Å². The van der Waals surface area contributed by atoms with Crippen molar-refractivity contribution in [3.63, 3.8) is 0 Å². The Balaban J connectivity index is -0.000000112. The van der Waals surface area contributed by atoms with Crippen molar-refractivity contribution in [2.24, 2.45) is 0 Å². The van der Waals surface area contributed by atoms with Gasteiger partial charge >= 0.3 is 26.2 Å². The van der Waals surface area contributed by atoms with Crippen LogP contribution in [0.4, 0.5) is 0 Å². The van der Waals surface area contributed by atoms with Gasteiger partial charge in [-0.15, -0.1) is 12.8 Å². The van der Waals surface area contributed by atoms with Crippen molar-refractivity contribution in [3.05, 3.63) is 47.6 Å². The van der Waals surface area contributed by atoms with Crippen molar-refractivity contribution in [2.75, 3.05) is 0 Å². The van der Waals surface area contributed by atoms with Crippen molar-refractivity contribution in [1.29, 1.82) is 0 Å². The van der Waals surface area contributed by atoms with Crippen molar-refractivity contribution in [1.82, 2.24) is 0 Å². The second kappa shape index (κ2) is 23.9. The Labute approximate surface area is 172 Å². The molecule has 0 heterocycles. The fourth-order valence-corrected chi connectivity index (χ4v) is 1.80. The molecule has 22 heavy (non-hydrogen) atoms. The molecule has 0 aromatic rings. The molecule has 4 heteroatoms. The van der Waals surface area contributed by atoms with E-state index in [0.29, 0.717) is 0 Å². The zero-order valence-electron chi connectivity index (χ0n) is 14.4. The van der Waals surface area contributed by atoms with Gasteiger partial charge in [0.05, 0.1) is 0 Å². The average Bonchev–Trinajstić information content (AvgIpc) is 3.05. The third-order valence-corrected chi connectivity index (χ3v) is 2.62. The standard InChI is InChI=1S/2C8H11.C2H7Si.2ClH.Zr/c2*1-2-5-8-6-3-4-7-8;1-3-2;;;/h2*6-7H,2-3,5H2,1H3;3H,1-2H3;2*1H;/q2*-1;;;;+4/p-2. The maximum absolute atomic E-state index is 3.14. The normalized spacial score (nSPS) is 13.1. The molecular weight excluding hydrogens is 406 g/mol. The summed E-state index contributed by atoms with van der Waals surface area (Å²) in [7, 11) is 0.750. The topological polar surface area (TPSA) is 0 Å². The Morgan fingerprint density at radius 1 is 0.864 bits per heavy atom. The van der Waals surface area contributed by atoms with Crippen molar-refractivity contribution in [2.45, 2.75) is 65.5 Å². The number of rotatable bonds is 4. The van der Waals surface area contributed by atoms with Crippen molar-refractivity contribution < 1.29 is 51.0 Å². The van der Waals surface area contributed by atoms with Crippen LogP contribution in [0.15, 0.2) is 35.5 Å². The summed E-state index contributed by atoms with van der Waals surface area (Å²) in [5, 5.41) is 0. The summed E-state index contributed by atoms with van der Waals surface area (Å²) in [6, 6.07) is 0. The van der Waals surface area contributed by atoms with Gasteiger partial charge in [0.15, 0.2) is 0 Å². The molecule has 0 aliphatic heterocycles. The Kier molecular flexibility index (Phi) is 33.1. The minimum atomic E-state index is 0. The first-order chi connectivity index (χ1) is 9.28. The van der Waals surface area contributed by atoms with Gasteiger partial charge < -0.3 is 24.8 Å². The van der Waals surface area contributed by atoms with Crippen LogP contribution in [-0.2, 0) is 26.2 Å². The molecule has 0 spiro atoms. The summed E-state index contributed by atoms with van der Waals surface area (Å²) >= 11 is 0. The van der Waals surface area contributed by atoms with E-state index in [0.717, 1.165) is 22.4 Å². The van der Waals surface area contributed by atoms with E-state index >= 15 is 0 Å². The zero-order chi connectivity index (χ0) is 14.3. The molecule has 0 atom stereocenters. The van der Waals surface area contributed by atoms with Gasteiger partial charge in [0.1, 0.15) is 0 Å². The summed E-state index contributed by atoms with van der Waals surface area (Å²) in [6.45, 7) is 8.82. The monoisotopic (exact) mass is 433 g/mol. The molecule has 0 aromatic carbocycles. The number of halogens is 2. The molecule has 0 amide bonds. The molecule has 1 radical (unpaired) electrons. The second-order valence-corrected chi connectivity index (χ2v) is 5.90. The average molecular weight is 436 g/mol. The predicted octanol–water partition coefficient (Wildman–Crippen LogP) is -0.523. The molecule has 0 fully saturated rings. The minimum absolute atomic E-state index is 0. The van der Waals surface area contributed by atoms with Crippen LogP contribution in [-0.4, -0.2) is 9.52 Å². The van der Waals surface area contributed by atoms with Crippen molar-refractivity contribution >= 4 is 9.52 Å². The molecule has 0 saturated heterocycles. The zero-order valence-corrected chi connectivity index (χ0v) is 19.5. The second-order valence-electron chi connectivity index (χ2n) is 4.74. The molecule has 0 N–H and O–H groups in total. The fourth-order valence-electron chi connectivity index (χ4n) is 1.80. The van der Waals surface area contributed by atoms with Crippen LogP contribution in [0.5, 0.6) is 0 Å². The number of hydrogen-bond donors (Lipinski definition) is 0. The SMILES string of the molecule is CCCC1=CC[C-]=C1.CCCC1=CC[C-]=C1.C[SiH]C.[Cl-].[Cl-].[Zr+4]. The largest absolute Gasteiger partial charge is 4.00 e. The first-order valence-corrected chi connectivity index (χ1v) is 9.84. The molecule has 0 nitrogen and oxygen atoms in total. The maximum Gasteiger partial charge on any atom is 4.00 e. The Morgan fingerprint density at radius 2 is 1.18 bits per heavy atom. The van der Waals surface area contributed by atoms with E-state index in [4.69, 9.17) is 0 Å². The van der Waals surface area contributed by atoms with Gasteiger partial charge in [0, 0.05) is 9.52 Å². The molecule has 0 unspecified atom stereocenters. The van der Waals surface area contributed by atoms with Gasteiger partial charge in [-0.25, -0.2) is 23.3 Å². The first kappa shape index (κ1) is 30.5. The number of hydrogen-bond acceptors (Lipinski definition) is 0. The predicted molar refractivity (Wildman–Crippen MR) is 89.7 cm³/mol. The molecular formula is C18H29Cl2SiZr. The third-order valence-electron chi connectivity index (χ3n) is 2.62. The van der Waals surface area contributed by atoms with Gasteiger partial charge in [0.25, 0.3) is 0 Å². The van der Waals surface area contributed by atoms with Gasteiger partial charge in [-0.2, -0.15) is 12.2 Å². The summed E-state index contributed by atoms with van der Waals surface area (Å²) < 4.78 is 0. The van der Waals surface area contributed by atoms with Gasteiger partial charge in [-0.3, -0.25) is 12.2 Å². The van der Waals surface area contributed by atoms with E-state index in [2.05, 4.69) is 63.4 Å². The minimum Gasteiger partial charge on any atom is -1.00 e. The Hall–Kier alpha value is 0.640. The van der Waals surface area contributed by atoms with E-state index < -0.39 is 0 Å². The molecule has 0 aromatic heterocycles. The van der Waals surface area contributed by atoms with Crippen LogP contribution in [0.25, 0.3) is 0 Å². The Morgan fingerprint density at radius 3 is 1.36 bits per heavy atom. The molecule has 2 aliphatic carbocycles. The summed E-state index contributed by atoms with van der Waals surface area (Å²) in [6.07, 6.45) is 22.0.